The highest BCUT2D eigenvalue weighted by atomic mass is 35.5. The van der Waals surface area contributed by atoms with Gasteiger partial charge in [0.2, 0.25) is 5.75 Å². The first-order valence-corrected chi connectivity index (χ1v) is 5.30. The number of benzene rings is 1. The summed E-state index contributed by atoms with van der Waals surface area (Å²) in [7, 11) is 4.50. The van der Waals surface area contributed by atoms with Crippen LogP contribution in [-0.4, -0.2) is 38.4 Å². The summed E-state index contributed by atoms with van der Waals surface area (Å²) in [4.78, 5) is 10.7. The van der Waals surface area contributed by atoms with Crippen LogP contribution in [0.25, 0.3) is 0 Å². The lowest BCUT2D eigenvalue weighted by Crippen LogP contribution is -2.32. The molecule has 0 heterocycles. The number of rotatable bonds is 6. The normalized spacial score (nSPS) is 11.2. The average Bonchev–Trinajstić information content (AvgIpc) is 2.37. The van der Waals surface area contributed by atoms with Gasteiger partial charge in [0, 0.05) is 0 Å². The van der Waals surface area contributed by atoms with Crippen LogP contribution in [0.5, 0.6) is 17.2 Å². The highest BCUT2D eigenvalue weighted by molar-refractivity contribution is 5.85. The Morgan fingerprint density at radius 3 is 2.00 bits per heavy atom. The minimum atomic E-state index is -1.05. The maximum absolute atomic E-state index is 10.7. The zero-order chi connectivity index (χ0) is 13.7. The summed E-state index contributed by atoms with van der Waals surface area (Å²) < 4.78 is 15.5. The molecule has 0 saturated heterocycles. The summed E-state index contributed by atoms with van der Waals surface area (Å²) in [5, 5.41) is 8.78. The van der Waals surface area contributed by atoms with E-state index in [0.29, 0.717) is 22.8 Å². The van der Waals surface area contributed by atoms with Gasteiger partial charge in [0.1, 0.15) is 6.04 Å². The van der Waals surface area contributed by atoms with E-state index in [4.69, 9.17) is 25.1 Å². The molecular formula is C12H18ClNO5. The highest BCUT2D eigenvalue weighted by Gasteiger charge is 2.17. The fourth-order valence-electron chi connectivity index (χ4n) is 1.59. The summed E-state index contributed by atoms with van der Waals surface area (Å²) >= 11 is 0. The number of carboxylic acid groups (broad SMARTS) is 1. The second-order valence-corrected chi connectivity index (χ2v) is 3.68. The Labute approximate surface area is 117 Å². The van der Waals surface area contributed by atoms with Gasteiger partial charge in [0.15, 0.2) is 11.5 Å². The minimum absolute atomic E-state index is 0. The first-order valence-electron chi connectivity index (χ1n) is 5.30. The van der Waals surface area contributed by atoms with Gasteiger partial charge in [-0.05, 0) is 24.1 Å². The zero-order valence-corrected chi connectivity index (χ0v) is 11.8. The van der Waals surface area contributed by atoms with E-state index in [2.05, 4.69) is 0 Å². The topological polar surface area (TPSA) is 91.0 Å². The average molecular weight is 292 g/mol. The van der Waals surface area contributed by atoms with E-state index < -0.39 is 12.0 Å². The van der Waals surface area contributed by atoms with Crippen molar-refractivity contribution in [1.29, 1.82) is 0 Å². The Balaban J connectivity index is 0.00000324. The number of carbonyl (C=O) groups is 1. The molecule has 0 saturated carbocycles. The second kappa shape index (κ2) is 7.70. The molecule has 6 nitrogen and oxygen atoms in total. The van der Waals surface area contributed by atoms with Crippen molar-refractivity contribution in [2.24, 2.45) is 5.73 Å². The molecule has 0 aliphatic rings. The molecule has 1 rings (SSSR count). The first-order chi connectivity index (χ1) is 8.53. The van der Waals surface area contributed by atoms with Crippen molar-refractivity contribution in [3.05, 3.63) is 17.7 Å². The number of hydrogen-bond donors (Lipinski definition) is 2. The van der Waals surface area contributed by atoms with Gasteiger partial charge in [-0.25, -0.2) is 0 Å². The minimum Gasteiger partial charge on any atom is -0.493 e. The van der Waals surface area contributed by atoms with Crippen LogP contribution in [-0.2, 0) is 11.2 Å². The standard InChI is InChI=1S/C12H17NO5.ClH/c1-16-9-5-7(4-8(13)12(14)15)6-10(17-2)11(9)18-3;/h5-6,8H,4,13H2,1-3H3,(H,14,15);1H/t8-;/m0./s1. The molecule has 1 atom stereocenters. The predicted octanol–water partition coefficient (Wildman–Crippen LogP) is 1.09. The fraction of sp³-hybridized carbons (Fsp3) is 0.417. The van der Waals surface area contributed by atoms with Gasteiger partial charge in [-0.2, -0.15) is 0 Å². The molecule has 0 bridgehead atoms. The molecule has 1 aromatic rings. The Morgan fingerprint density at radius 1 is 1.21 bits per heavy atom. The predicted molar refractivity (Wildman–Crippen MR) is 72.7 cm³/mol. The molecule has 0 amide bonds. The van der Waals surface area contributed by atoms with E-state index in [1.54, 1.807) is 12.1 Å². The van der Waals surface area contributed by atoms with Crippen molar-refractivity contribution >= 4 is 18.4 Å². The number of ether oxygens (including phenoxy) is 3. The molecule has 0 spiro atoms. The first kappa shape index (κ1) is 17.3. The van der Waals surface area contributed by atoms with Crippen LogP contribution in [0, 0.1) is 0 Å². The van der Waals surface area contributed by atoms with E-state index in [1.807, 2.05) is 0 Å². The van der Waals surface area contributed by atoms with Crippen LogP contribution >= 0.6 is 12.4 Å². The second-order valence-electron chi connectivity index (χ2n) is 3.68. The maximum atomic E-state index is 10.7. The molecule has 108 valence electrons. The molecule has 0 radical (unpaired) electrons. The smallest absolute Gasteiger partial charge is 0.320 e. The molecular weight excluding hydrogens is 274 g/mol. The number of aliphatic carboxylic acids is 1. The number of nitrogens with two attached hydrogens (primary N) is 1. The van der Waals surface area contributed by atoms with Gasteiger partial charge in [-0.15, -0.1) is 12.4 Å². The van der Waals surface area contributed by atoms with Crippen LogP contribution in [0.2, 0.25) is 0 Å². The van der Waals surface area contributed by atoms with Crippen molar-refractivity contribution < 1.29 is 24.1 Å². The molecule has 0 aromatic heterocycles. The third-order valence-corrected chi connectivity index (χ3v) is 2.50. The van der Waals surface area contributed by atoms with E-state index >= 15 is 0 Å². The molecule has 0 fully saturated rings. The summed E-state index contributed by atoms with van der Waals surface area (Å²) in [5.41, 5.74) is 6.20. The lowest BCUT2D eigenvalue weighted by Gasteiger charge is -2.15. The summed E-state index contributed by atoms with van der Waals surface area (Å²) in [6, 6.07) is 2.40. The van der Waals surface area contributed by atoms with Crippen molar-refractivity contribution in [2.75, 3.05) is 21.3 Å². The third-order valence-electron chi connectivity index (χ3n) is 2.50. The molecule has 7 heteroatoms. The van der Waals surface area contributed by atoms with Gasteiger partial charge in [0.05, 0.1) is 21.3 Å². The highest BCUT2D eigenvalue weighted by Crippen LogP contribution is 2.38. The largest absolute Gasteiger partial charge is 0.493 e. The van der Waals surface area contributed by atoms with Gasteiger partial charge >= 0.3 is 5.97 Å². The Morgan fingerprint density at radius 2 is 1.68 bits per heavy atom. The van der Waals surface area contributed by atoms with Gasteiger partial charge in [-0.3, -0.25) is 4.79 Å². The zero-order valence-electron chi connectivity index (χ0n) is 11.0. The summed E-state index contributed by atoms with van der Waals surface area (Å²) in [6.07, 6.45) is 0.187. The molecule has 0 unspecified atom stereocenters. The third kappa shape index (κ3) is 4.18. The number of halogens is 1. The van der Waals surface area contributed by atoms with Crippen molar-refractivity contribution in [3.63, 3.8) is 0 Å². The van der Waals surface area contributed by atoms with Crippen molar-refractivity contribution in [3.8, 4) is 17.2 Å². The fourth-order valence-corrected chi connectivity index (χ4v) is 1.59. The van der Waals surface area contributed by atoms with Crippen LogP contribution in [0.4, 0.5) is 0 Å². The SMILES string of the molecule is COc1cc(C[C@H](N)C(=O)O)cc(OC)c1OC.Cl. The van der Waals surface area contributed by atoms with Gasteiger partial charge in [-0.1, -0.05) is 0 Å². The number of hydrogen-bond acceptors (Lipinski definition) is 5. The molecule has 3 N–H and O–H groups in total. The van der Waals surface area contributed by atoms with Gasteiger partial charge < -0.3 is 25.1 Å². The summed E-state index contributed by atoms with van der Waals surface area (Å²) in [6.45, 7) is 0. The lowest BCUT2D eigenvalue weighted by atomic mass is 10.1. The lowest BCUT2D eigenvalue weighted by molar-refractivity contribution is -0.138. The summed E-state index contributed by atoms with van der Waals surface area (Å²) in [5.74, 6) is 0.366. The van der Waals surface area contributed by atoms with E-state index in [0.717, 1.165) is 0 Å². The van der Waals surface area contributed by atoms with Crippen LogP contribution in [0.1, 0.15) is 5.56 Å². The molecule has 1 aromatic carbocycles. The van der Waals surface area contributed by atoms with Gasteiger partial charge in [0.25, 0.3) is 0 Å². The van der Waals surface area contributed by atoms with E-state index in [1.165, 1.54) is 21.3 Å². The molecule has 19 heavy (non-hydrogen) atoms. The Bertz CT molecular complexity index is 413. The molecule has 0 aliphatic heterocycles. The van der Waals surface area contributed by atoms with E-state index in [9.17, 15) is 4.79 Å². The Kier molecular flexibility index (Phi) is 7.03. The van der Waals surface area contributed by atoms with Crippen LogP contribution < -0.4 is 19.9 Å². The van der Waals surface area contributed by atoms with Crippen molar-refractivity contribution in [1.82, 2.24) is 0 Å². The number of carboxylic acids is 1. The maximum Gasteiger partial charge on any atom is 0.320 e. The monoisotopic (exact) mass is 291 g/mol. The van der Waals surface area contributed by atoms with Crippen LogP contribution in [0.15, 0.2) is 12.1 Å². The van der Waals surface area contributed by atoms with Crippen molar-refractivity contribution in [2.45, 2.75) is 12.5 Å². The van der Waals surface area contributed by atoms with Crippen LogP contribution in [0.3, 0.4) is 0 Å². The Hall–Kier alpha value is -1.66. The molecule has 0 aliphatic carbocycles. The number of methoxy groups -OCH3 is 3. The quantitative estimate of drug-likeness (QED) is 0.815. The van der Waals surface area contributed by atoms with E-state index in [-0.39, 0.29) is 18.8 Å².